The number of thiazole rings is 1. The smallest absolute Gasteiger partial charge is 0.258 e. The van der Waals surface area contributed by atoms with E-state index in [2.05, 4.69) is 45.9 Å². The molecule has 0 unspecified atom stereocenters. The molecule has 0 bridgehead atoms. The Morgan fingerprint density at radius 1 is 1.22 bits per heavy atom. The van der Waals surface area contributed by atoms with E-state index in [0.717, 1.165) is 34.6 Å². The van der Waals surface area contributed by atoms with Crippen LogP contribution in [-0.4, -0.2) is 24.1 Å². The Morgan fingerprint density at radius 3 is 2.85 bits per heavy atom. The van der Waals surface area contributed by atoms with Crippen LogP contribution in [0.2, 0.25) is 0 Å². The van der Waals surface area contributed by atoms with Gasteiger partial charge in [0.05, 0.1) is 5.69 Å². The molecule has 0 aliphatic carbocycles. The van der Waals surface area contributed by atoms with E-state index < -0.39 is 0 Å². The number of aromatic nitrogens is 5. The first-order valence-electron chi connectivity index (χ1n) is 8.71. The van der Waals surface area contributed by atoms with Crippen molar-refractivity contribution < 1.29 is 0 Å². The number of thioether (sulfide) groups is 1. The molecule has 0 N–H and O–H groups in total. The third kappa shape index (κ3) is 3.35. The van der Waals surface area contributed by atoms with Crippen LogP contribution in [0.1, 0.15) is 30.0 Å². The Balaban J connectivity index is 1.62. The fraction of sp³-hybridized carbons (Fsp3) is 0.333. The predicted octanol–water partition coefficient (Wildman–Crippen LogP) is 4.26. The van der Waals surface area contributed by atoms with Crippen molar-refractivity contribution in [2.45, 2.75) is 44.6 Å². The van der Waals surface area contributed by atoms with Gasteiger partial charge in [0.25, 0.3) is 5.56 Å². The lowest BCUT2D eigenvalue weighted by atomic mass is 10.1. The fourth-order valence-corrected chi connectivity index (χ4v) is 5.66. The summed E-state index contributed by atoms with van der Waals surface area (Å²) in [6.07, 6.45) is 2.73. The third-order valence-corrected chi connectivity index (χ3v) is 7.15. The molecule has 0 saturated carbocycles. The molecule has 0 atom stereocenters. The highest BCUT2D eigenvalue weighted by Crippen LogP contribution is 2.33. The Hall–Kier alpha value is -1.97. The minimum Gasteiger partial charge on any atom is -0.302 e. The zero-order valence-corrected chi connectivity index (χ0v) is 17.7. The number of aryl methyl sites for hydroxylation is 1. The molecule has 6 nitrogen and oxygen atoms in total. The van der Waals surface area contributed by atoms with Crippen LogP contribution < -0.4 is 5.56 Å². The van der Waals surface area contributed by atoms with E-state index in [4.69, 9.17) is 0 Å². The summed E-state index contributed by atoms with van der Waals surface area (Å²) in [6, 6.07) is 1.59. The summed E-state index contributed by atoms with van der Waals surface area (Å²) in [5.74, 6) is 1.51. The van der Waals surface area contributed by atoms with Crippen LogP contribution in [-0.2, 0) is 18.7 Å². The second-order valence-electron chi connectivity index (χ2n) is 6.02. The van der Waals surface area contributed by atoms with E-state index in [-0.39, 0.29) is 5.56 Å². The predicted molar refractivity (Wildman–Crippen MR) is 112 cm³/mol. The van der Waals surface area contributed by atoms with E-state index in [1.54, 1.807) is 39.8 Å². The summed E-state index contributed by atoms with van der Waals surface area (Å²) >= 11 is 4.79. The molecule has 0 aromatic carbocycles. The van der Waals surface area contributed by atoms with Crippen molar-refractivity contribution in [3.63, 3.8) is 0 Å². The summed E-state index contributed by atoms with van der Waals surface area (Å²) in [5.41, 5.74) is 3.24. The van der Waals surface area contributed by atoms with Crippen molar-refractivity contribution in [3.8, 4) is 11.4 Å². The number of hydrogen-bond acceptors (Lipinski definition) is 7. The van der Waals surface area contributed by atoms with Gasteiger partial charge in [0.2, 0.25) is 0 Å². The van der Waals surface area contributed by atoms with Gasteiger partial charge in [-0.3, -0.25) is 9.20 Å². The number of nitrogens with zero attached hydrogens (tertiary/aromatic N) is 5. The molecule has 140 valence electrons. The van der Waals surface area contributed by atoms with E-state index in [1.807, 2.05) is 5.38 Å². The molecular formula is C18H19N5OS3. The lowest BCUT2D eigenvalue weighted by molar-refractivity contribution is 0.687. The van der Waals surface area contributed by atoms with Crippen molar-refractivity contribution in [2.24, 2.45) is 0 Å². The van der Waals surface area contributed by atoms with Crippen LogP contribution in [0.25, 0.3) is 16.3 Å². The lowest BCUT2D eigenvalue weighted by Gasteiger charge is -2.08. The summed E-state index contributed by atoms with van der Waals surface area (Å²) in [7, 11) is 0. The lowest BCUT2D eigenvalue weighted by Crippen LogP contribution is -2.12. The monoisotopic (exact) mass is 417 g/mol. The maximum Gasteiger partial charge on any atom is 0.258 e. The number of thiophene rings is 1. The van der Waals surface area contributed by atoms with E-state index in [1.165, 1.54) is 27.3 Å². The molecule has 0 spiro atoms. The number of rotatable bonds is 6. The summed E-state index contributed by atoms with van der Waals surface area (Å²) < 4.78 is 3.71. The van der Waals surface area contributed by atoms with Crippen molar-refractivity contribution >= 4 is 39.4 Å². The van der Waals surface area contributed by atoms with Gasteiger partial charge in [-0.1, -0.05) is 18.7 Å². The molecule has 0 amide bonds. The van der Waals surface area contributed by atoms with Crippen LogP contribution in [0.15, 0.2) is 33.0 Å². The van der Waals surface area contributed by atoms with Gasteiger partial charge in [0.15, 0.2) is 15.9 Å². The van der Waals surface area contributed by atoms with Gasteiger partial charge < -0.3 is 4.57 Å². The summed E-state index contributed by atoms with van der Waals surface area (Å²) in [4.78, 5) is 18.8. The molecule has 4 aromatic heterocycles. The van der Waals surface area contributed by atoms with Gasteiger partial charge >= 0.3 is 0 Å². The maximum absolute atomic E-state index is 12.1. The Morgan fingerprint density at radius 2 is 2.07 bits per heavy atom. The third-order valence-electron chi connectivity index (χ3n) is 4.44. The van der Waals surface area contributed by atoms with Gasteiger partial charge in [0.1, 0.15) is 0 Å². The first-order chi connectivity index (χ1) is 13.1. The highest BCUT2D eigenvalue weighted by molar-refractivity contribution is 7.98. The Kier molecular flexibility index (Phi) is 5.16. The molecule has 27 heavy (non-hydrogen) atoms. The van der Waals surface area contributed by atoms with Crippen LogP contribution in [0, 0.1) is 6.92 Å². The minimum atomic E-state index is -0.0455. The number of fused-ring (bicyclic) bond motifs is 1. The molecule has 9 heteroatoms. The maximum atomic E-state index is 12.1. The summed E-state index contributed by atoms with van der Waals surface area (Å²) in [6.45, 7) is 7.22. The molecular weight excluding hydrogens is 398 g/mol. The van der Waals surface area contributed by atoms with Gasteiger partial charge in [-0.25, -0.2) is 4.98 Å². The molecule has 0 aliphatic heterocycles. The Bertz CT molecular complexity index is 1150. The van der Waals surface area contributed by atoms with Gasteiger partial charge in [0, 0.05) is 45.8 Å². The normalized spacial score (nSPS) is 11.5. The highest BCUT2D eigenvalue weighted by atomic mass is 32.2. The molecule has 4 rings (SSSR count). The number of hydrogen-bond donors (Lipinski definition) is 0. The van der Waals surface area contributed by atoms with E-state index in [9.17, 15) is 4.79 Å². The second kappa shape index (κ2) is 7.57. The molecule has 0 saturated heterocycles. The average molecular weight is 418 g/mol. The first kappa shape index (κ1) is 18.4. The van der Waals surface area contributed by atoms with Gasteiger partial charge in [-0.05, 0) is 25.8 Å². The first-order valence-corrected chi connectivity index (χ1v) is 11.5. The SMILES string of the molecule is CCc1c(-c2nnc(SCc3cc(=O)n4ccsc4n3)n2CC)csc1C. The standard InChI is InChI=1S/C18H19N5OS3/c1-4-13-11(3)26-10-14(13)16-20-21-18(22(16)5-2)27-9-12-8-15(24)23-6-7-25-17(23)19-12/h6-8,10H,4-5,9H2,1-3H3. The van der Waals surface area contributed by atoms with Crippen molar-refractivity contribution in [1.29, 1.82) is 0 Å². The van der Waals surface area contributed by atoms with Crippen molar-refractivity contribution in [3.05, 3.63) is 49.5 Å². The molecule has 0 aliphatic rings. The van der Waals surface area contributed by atoms with E-state index >= 15 is 0 Å². The van der Waals surface area contributed by atoms with Crippen LogP contribution >= 0.6 is 34.4 Å². The largest absolute Gasteiger partial charge is 0.302 e. The van der Waals surface area contributed by atoms with Crippen molar-refractivity contribution in [2.75, 3.05) is 0 Å². The van der Waals surface area contributed by atoms with Gasteiger partial charge in [-0.15, -0.1) is 32.9 Å². The molecule has 0 radical (unpaired) electrons. The molecule has 4 heterocycles. The fourth-order valence-electron chi connectivity index (χ4n) is 3.09. The zero-order valence-electron chi connectivity index (χ0n) is 15.3. The average Bonchev–Trinajstić information content (AvgIpc) is 3.37. The molecule has 0 fully saturated rings. The van der Waals surface area contributed by atoms with Crippen LogP contribution in [0.5, 0.6) is 0 Å². The zero-order chi connectivity index (χ0) is 19.0. The Labute approximate surface area is 168 Å². The van der Waals surface area contributed by atoms with Crippen LogP contribution in [0.4, 0.5) is 0 Å². The van der Waals surface area contributed by atoms with Crippen molar-refractivity contribution in [1.82, 2.24) is 24.1 Å². The summed E-state index contributed by atoms with van der Waals surface area (Å²) in [5, 5.41) is 13.8. The van der Waals surface area contributed by atoms with Crippen LogP contribution in [0.3, 0.4) is 0 Å². The second-order valence-corrected chi connectivity index (χ2v) is 8.92. The minimum absolute atomic E-state index is 0.0455. The quantitative estimate of drug-likeness (QED) is 0.439. The topological polar surface area (TPSA) is 65.1 Å². The molecule has 4 aromatic rings. The highest BCUT2D eigenvalue weighted by Gasteiger charge is 2.18. The van der Waals surface area contributed by atoms with E-state index in [0.29, 0.717) is 5.75 Å². The van der Waals surface area contributed by atoms with Gasteiger partial charge in [-0.2, -0.15) is 0 Å².